The molecule has 0 saturated heterocycles. The van der Waals surface area contributed by atoms with Crippen molar-refractivity contribution in [2.45, 2.75) is 40.3 Å². The van der Waals surface area contributed by atoms with Crippen LogP contribution in [0.4, 0.5) is 0 Å². The van der Waals surface area contributed by atoms with Gasteiger partial charge in [-0.1, -0.05) is 29.8 Å². The van der Waals surface area contributed by atoms with Gasteiger partial charge < -0.3 is 9.32 Å². The number of hydrogen-bond acceptors (Lipinski definition) is 4. The zero-order chi connectivity index (χ0) is 21.4. The molecule has 0 spiro atoms. The fourth-order valence-corrected chi connectivity index (χ4v) is 3.53. The van der Waals surface area contributed by atoms with E-state index in [0.29, 0.717) is 17.8 Å². The lowest BCUT2D eigenvalue weighted by molar-refractivity contribution is 0.0777. The van der Waals surface area contributed by atoms with E-state index in [0.717, 1.165) is 28.2 Å². The third kappa shape index (κ3) is 3.73. The normalized spacial score (nSPS) is 11.4. The first-order valence-corrected chi connectivity index (χ1v) is 10.1. The molecule has 6 nitrogen and oxygen atoms in total. The van der Waals surface area contributed by atoms with Gasteiger partial charge in [0.1, 0.15) is 11.5 Å². The van der Waals surface area contributed by atoms with E-state index in [1.807, 2.05) is 54.1 Å². The van der Waals surface area contributed by atoms with Crippen molar-refractivity contribution < 1.29 is 9.21 Å². The molecule has 0 saturated carbocycles. The number of carbonyl (C=O) groups is 1. The molecule has 0 unspecified atom stereocenters. The molecule has 0 radical (unpaired) electrons. The molecule has 4 rings (SSSR count). The SMILES string of the molecule is Cc1ccc(-c2cc(C(=O)N(C)Cc3ccc(C)o3)c3cnn(C(C)C)c3n2)cc1. The lowest BCUT2D eigenvalue weighted by Crippen LogP contribution is -2.26. The summed E-state index contributed by atoms with van der Waals surface area (Å²) in [7, 11) is 1.78. The summed E-state index contributed by atoms with van der Waals surface area (Å²) in [6, 6.07) is 14.0. The van der Waals surface area contributed by atoms with E-state index >= 15 is 0 Å². The zero-order valence-electron chi connectivity index (χ0n) is 18.0. The Bertz CT molecular complexity index is 1200. The van der Waals surface area contributed by atoms with Crippen LogP contribution in [-0.2, 0) is 6.54 Å². The maximum atomic E-state index is 13.4. The number of hydrogen-bond donors (Lipinski definition) is 0. The van der Waals surface area contributed by atoms with Crippen molar-refractivity contribution in [2.24, 2.45) is 0 Å². The maximum Gasteiger partial charge on any atom is 0.254 e. The van der Waals surface area contributed by atoms with Crippen LogP contribution in [0, 0.1) is 13.8 Å². The van der Waals surface area contributed by atoms with Crippen molar-refractivity contribution >= 4 is 16.9 Å². The highest BCUT2D eigenvalue weighted by Crippen LogP contribution is 2.27. The monoisotopic (exact) mass is 402 g/mol. The second-order valence-corrected chi connectivity index (χ2v) is 8.01. The number of benzene rings is 1. The van der Waals surface area contributed by atoms with E-state index in [2.05, 4.69) is 25.9 Å². The molecule has 0 aliphatic heterocycles. The largest absolute Gasteiger partial charge is 0.464 e. The van der Waals surface area contributed by atoms with Crippen LogP contribution in [0.5, 0.6) is 0 Å². The Morgan fingerprint density at radius 2 is 1.87 bits per heavy atom. The van der Waals surface area contributed by atoms with Crippen molar-refractivity contribution in [1.82, 2.24) is 19.7 Å². The first-order chi connectivity index (χ1) is 14.3. The Labute approximate surface area is 176 Å². The van der Waals surface area contributed by atoms with E-state index in [4.69, 9.17) is 9.40 Å². The van der Waals surface area contributed by atoms with E-state index in [1.54, 1.807) is 18.1 Å². The van der Waals surface area contributed by atoms with Gasteiger partial charge >= 0.3 is 0 Å². The molecule has 6 heteroatoms. The molecule has 0 atom stereocenters. The van der Waals surface area contributed by atoms with Gasteiger partial charge in [0.25, 0.3) is 5.91 Å². The summed E-state index contributed by atoms with van der Waals surface area (Å²) in [6.07, 6.45) is 1.74. The fourth-order valence-electron chi connectivity index (χ4n) is 3.53. The smallest absolute Gasteiger partial charge is 0.254 e. The highest BCUT2D eigenvalue weighted by molar-refractivity contribution is 6.06. The Morgan fingerprint density at radius 1 is 1.13 bits per heavy atom. The molecule has 154 valence electrons. The van der Waals surface area contributed by atoms with Crippen molar-refractivity contribution in [1.29, 1.82) is 0 Å². The zero-order valence-corrected chi connectivity index (χ0v) is 18.0. The molecular weight excluding hydrogens is 376 g/mol. The highest BCUT2D eigenvalue weighted by Gasteiger charge is 2.21. The number of furan rings is 1. The first-order valence-electron chi connectivity index (χ1n) is 10.1. The minimum Gasteiger partial charge on any atom is -0.464 e. The molecule has 1 amide bonds. The van der Waals surface area contributed by atoms with E-state index < -0.39 is 0 Å². The number of pyridine rings is 1. The van der Waals surface area contributed by atoms with E-state index in [1.165, 1.54) is 5.56 Å². The molecule has 0 N–H and O–H groups in total. The molecule has 0 aliphatic rings. The maximum absolute atomic E-state index is 13.4. The van der Waals surface area contributed by atoms with Crippen molar-refractivity contribution in [3.05, 3.63) is 71.3 Å². The predicted molar refractivity (Wildman–Crippen MR) is 117 cm³/mol. The minimum absolute atomic E-state index is 0.0897. The van der Waals surface area contributed by atoms with Gasteiger partial charge in [0, 0.05) is 18.7 Å². The summed E-state index contributed by atoms with van der Waals surface area (Å²) in [5.41, 5.74) is 4.21. The summed E-state index contributed by atoms with van der Waals surface area (Å²) in [5, 5.41) is 5.25. The third-order valence-corrected chi connectivity index (χ3v) is 5.17. The van der Waals surface area contributed by atoms with Gasteiger partial charge in [-0.05, 0) is 45.9 Å². The second kappa shape index (κ2) is 7.78. The van der Waals surface area contributed by atoms with Gasteiger partial charge in [0.15, 0.2) is 5.65 Å². The Balaban J connectivity index is 1.80. The molecule has 1 aromatic carbocycles. The number of fused-ring (bicyclic) bond motifs is 1. The van der Waals surface area contributed by atoms with Gasteiger partial charge in [0.05, 0.1) is 29.4 Å². The van der Waals surface area contributed by atoms with Crippen LogP contribution in [0.2, 0.25) is 0 Å². The van der Waals surface area contributed by atoms with Crippen LogP contribution in [0.3, 0.4) is 0 Å². The summed E-state index contributed by atoms with van der Waals surface area (Å²) < 4.78 is 7.51. The number of rotatable bonds is 5. The Hall–Kier alpha value is -3.41. The number of amides is 1. The lowest BCUT2D eigenvalue weighted by atomic mass is 10.0. The van der Waals surface area contributed by atoms with Crippen LogP contribution in [0.15, 0.2) is 53.1 Å². The summed E-state index contributed by atoms with van der Waals surface area (Å²) in [5.74, 6) is 1.50. The van der Waals surface area contributed by atoms with E-state index in [-0.39, 0.29) is 11.9 Å². The number of carbonyl (C=O) groups excluding carboxylic acids is 1. The van der Waals surface area contributed by atoms with Crippen molar-refractivity contribution in [3.8, 4) is 11.3 Å². The van der Waals surface area contributed by atoms with Crippen molar-refractivity contribution in [2.75, 3.05) is 7.05 Å². The molecule has 3 aromatic heterocycles. The van der Waals surface area contributed by atoms with Crippen LogP contribution >= 0.6 is 0 Å². The molecule has 30 heavy (non-hydrogen) atoms. The molecule has 0 fully saturated rings. The topological polar surface area (TPSA) is 64.2 Å². The quantitative estimate of drug-likeness (QED) is 0.462. The summed E-state index contributed by atoms with van der Waals surface area (Å²) in [4.78, 5) is 19.9. The molecule has 0 bridgehead atoms. The van der Waals surface area contributed by atoms with Gasteiger partial charge in [0.2, 0.25) is 0 Å². The molecule has 4 aromatic rings. The van der Waals surface area contributed by atoms with Gasteiger partial charge in [-0.15, -0.1) is 0 Å². The van der Waals surface area contributed by atoms with Crippen LogP contribution in [-0.4, -0.2) is 32.6 Å². The Morgan fingerprint density at radius 3 is 2.50 bits per heavy atom. The summed E-state index contributed by atoms with van der Waals surface area (Å²) >= 11 is 0. The third-order valence-electron chi connectivity index (χ3n) is 5.17. The minimum atomic E-state index is -0.0897. The lowest BCUT2D eigenvalue weighted by Gasteiger charge is -2.17. The fraction of sp³-hybridized carbons (Fsp3) is 0.292. The van der Waals surface area contributed by atoms with Crippen LogP contribution < -0.4 is 0 Å². The Kier molecular flexibility index (Phi) is 5.16. The van der Waals surface area contributed by atoms with Gasteiger partial charge in [-0.25, -0.2) is 9.67 Å². The first kappa shape index (κ1) is 19.9. The number of nitrogens with zero attached hydrogens (tertiary/aromatic N) is 4. The summed E-state index contributed by atoms with van der Waals surface area (Å²) in [6.45, 7) is 8.45. The van der Waals surface area contributed by atoms with Gasteiger partial charge in [-0.3, -0.25) is 4.79 Å². The average molecular weight is 402 g/mol. The van der Waals surface area contributed by atoms with E-state index in [9.17, 15) is 4.79 Å². The standard InChI is InChI=1S/C24H26N4O2/c1-15(2)28-23-21(13-25-28)20(12-22(26-23)18-9-6-16(3)7-10-18)24(29)27(5)14-19-11-8-17(4)30-19/h6-13,15H,14H2,1-5H3. The molecule has 3 heterocycles. The van der Waals surface area contributed by atoms with Gasteiger partial charge in [-0.2, -0.15) is 5.10 Å². The predicted octanol–water partition coefficient (Wildman–Crippen LogP) is 5.16. The van der Waals surface area contributed by atoms with Crippen molar-refractivity contribution in [3.63, 3.8) is 0 Å². The molecule has 0 aliphatic carbocycles. The van der Waals surface area contributed by atoms with Crippen LogP contribution in [0.25, 0.3) is 22.3 Å². The second-order valence-electron chi connectivity index (χ2n) is 8.01. The number of aromatic nitrogens is 3. The average Bonchev–Trinajstić information content (AvgIpc) is 3.33. The molecular formula is C24H26N4O2. The van der Waals surface area contributed by atoms with Crippen LogP contribution in [0.1, 0.15) is 47.3 Å². The highest BCUT2D eigenvalue weighted by atomic mass is 16.3. The number of aryl methyl sites for hydroxylation is 2.